The van der Waals surface area contributed by atoms with E-state index in [4.69, 9.17) is 9.05 Å². The van der Waals surface area contributed by atoms with E-state index < -0.39 is 31.8 Å². The zero-order valence-electron chi connectivity index (χ0n) is 26.2. The van der Waals surface area contributed by atoms with Crippen molar-refractivity contribution in [1.29, 1.82) is 0 Å². The van der Waals surface area contributed by atoms with Crippen LogP contribution in [0.5, 0.6) is 0 Å². The maximum Gasteiger partial charge on any atom is 0.416 e. The number of nitrogens with zero attached hydrogens (tertiary/aromatic N) is 2. The zero-order valence-corrected chi connectivity index (χ0v) is 27.8. The summed E-state index contributed by atoms with van der Waals surface area (Å²) in [7, 11) is -7.56. The number of anilines is 2. The van der Waals surface area contributed by atoms with Gasteiger partial charge >= 0.3 is 6.18 Å². The molecule has 6 rings (SSSR count). The number of halogens is 3. The summed E-state index contributed by atoms with van der Waals surface area (Å²) in [6, 6.07) is 28.1. The summed E-state index contributed by atoms with van der Waals surface area (Å²) in [6.45, 7) is 5.34. The van der Waals surface area contributed by atoms with Crippen LogP contribution in [0.2, 0.25) is 0 Å². The lowest BCUT2D eigenvalue weighted by atomic mass is 10.0. The van der Waals surface area contributed by atoms with Gasteiger partial charge in [0.1, 0.15) is 11.5 Å². The number of hydrogen-bond donors (Lipinski definition) is 2. The molecule has 0 aliphatic carbocycles. The average Bonchev–Trinajstić information content (AvgIpc) is 3.67. The van der Waals surface area contributed by atoms with Crippen LogP contribution < -0.4 is 9.44 Å². The standard InChI is InChI=1S/C17H13F3N2O3S.C17H16N2O3S/c1-11-9-16(21-25-11)22-26(23,24)15-7-5-12(6-8-15)13-3-2-4-14(10-13)17(18,19)20;1-12-3-5-14(6-4-12)15-7-9-16(10-8-15)23(20,21)19-17-11-13(2)22-18-17/h2-10H,1H3,(H,21,22);3-11H,1-2H3,(H,18,19). The van der Waals surface area contributed by atoms with E-state index in [0.29, 0.717) is 22.6 Å². The number of aryl methyl sites for hydroxylation is 3. The molecule has 4 aromatic carbocycles. The van der Waals surface area contributed by atoms with Gasteiger partial charge in [-0.2, -0.15) is 13.2 Å². The molecular weight excluding hydrogens is 682 g/mol. The van der Waals surface area contributed by atoms with E-state index in [1.165, 1.54) is 54.1 Å². The van der Waals surface area contributed by atoms with Crippen LogP contribution in [0.1, 0.15) is 22.6 Å². The summed E-state index contributed by atoms with van der Waals surface area (Å²) >= 11 is 0. The molecule has 0 bridgehead atoms. The monoisotopic (exact) mass is 710 g/mol. The maximum atomic E-state index is 12.8. The van der Waals surface area contributed by atoms with E-state index in [-0.39, 0.29) is 21.4 Å². The highest BCUT2D eigenvalue weighted by atomic mass is 32.2. The second-order valence-corrected chi connectivity index (χ2v) is 14.2. The van der Waals surface area contributed by atoms with Crippen LogP contribution in [0.25, 0.3) is 22.3 Å². The Kier molecular flexibility index (Phi) is 9.96. The second-order valence-electron chi connectivity index (χ2n) is 10.8. The number of aromatic nitrogens is 2. The number of nitrogens with one attached hydrogen (secondary N) is 2. The summed E-state index contributed by atoms with van der Waals surface area (Å²) in [5, 5.41) is 7.19. The van der Waals surface area contributed by atoms with Crippen molar-refractivity contribution in [1.82, 2.24) is 10.3 Å². The Bertz CT molecular complexity index is 2270. The highest BCUT2D eigenvalue weighted by Crippen LogP contribution is 2.32. The fourth-order valence-corrected chi connectivity index (χ4v) is 6.46. The minimum absolute atomic E-state index is 0.0458. The number of benzene rings is 4. The molecule has 0 saturated heterocycles. The van der Waals surface area contributed by atoms with Crippen LogP contribution in [-0.4, -0.2) is 27.1 Å². The molecule has 0 saturated carbocycles. The van der Waals surface area contributed by atoms with Crippen LogP contribution in [0.3, 0.4) is 0 Å². The molecule has 254 valence electrons. The largest absolute Gasteiger partial charge is 0.416 e. The van der Waals surface area contributed by atoms with Gasteiger partial charge in [0.25, 0.3) is 20.0 Å². The molecule has 2 aromatic heterocycles. The quantitative estimate of drug-likeness (QED) is 0.161. The van der Waals surface area contributed by atoms with Gasteiger partial charge in [-0.15, -0.1) is 0 Å². The summed E-state index contributed by atoms with van der Waals surface area (Å²) < 4.78 is 102. The maximum absolute atomic E-state index is 12.8. The van der Waals surface area contributed by atoms with E-state index in [9.17, 15) is 30.0 Å². The molecule has 0 spiro atoms. The van der Waals surface area contributed by atoms with Gasteiger partial charge in [0.15, 0.2) is 11.6 Å². The molecule has 15 heteroatoms. The van der Waals surface area contributed by atoms with Gasteiger partial charge in [-0.3, -0.25) is 9.44 Å². The van der Waals surface area contributed by atoms with Crippen LogP contribution in [-0.2, 0) is 26.2 Å². The van der Waals surface area contributed by atoms with E-state index in [1.54, 1.807) is 38.1 Å². The van der Waals surface area contributed by atoms with Crippen molar-refractivity contribution in [2.24, 2.45) is 0 Å². The van der Waals surface area contributed by atoms with Crippen LogP contribution in [0, 0.1) is 20.8 Å². The average molecular weight is 711 g/mol. The van der Waals surface area contributed by atoms with Crippen molar-refractivity contribution in [2.45, 2.75) is 36.7 Å². The van der Waals surface area contributed by atoms with Crippen molar-refractivity contribution >= 4 is 31.7 Å². The summed E-state index contributed by atoms with van der Waals surface area (Å²) in [6.07, 6.45) is -4.45. The minimum Gasteiger partial charge on any atom is -0.360 e. The predicted molar refractivity (Wildman–Crippen MR) is 178 cm³/mol. The first-order valence-electron chi connectivity index (χ1n) is 14.5. The molecule has 2 N–H and O–H groups in total. The number of rotatable bonds is 8. The first kappa shape index (κ1) is 34.9. The summed E-state index contributed by atoms with van der Waals surface area (Å²) in [4.78, 5) is 0.128. The fraction of sp³-hybridized carbons (Fsp3) is 0.118. The van der Waals surface area contributed by atoms with Gasteiger partial charge in [-0.25, -0.2) is 16.8 Å². The topological polar surface area (TPSA) is 144 Å². The molecular formula is C34H29F3N4O6S2. The molecule has 10 nitrogen and oxygen atoms in total. The lowest BCUT2D eigenvalue weighted by Crippen LogP contribution is -2.13. The van der Waals surface area contributed by atoms with Crippen molar-refractivity contribution in [3.8, 4) is 22.3 Å². The number of alkyl halides is 3. The molecule has 0 amide bonds. The first-order valence-corrected chi connectivity index (χ1v) is 17.4. The number of hydrogen-bond acceptors (Lipinski definition) is 8. The fourth-order valence-electron chi connectivity index (χ4n) is 4.50. The third kappa shape index (κ3) is 8.94. The third-order valence-corrected chi connectivity index (χ3v) is 9.71. The minimum atomic E-state index is -4.45. The van der Waals surface area contributed by atoms with Gasteiger partial charge in [0.05, 0.1) is 15.4 Å². The SMILES string of the molecule is Cc1cc(NS(=O)(=O)c2ccc(-c3cccc(C(F)(F)F)c3)cc2)no1.Cc1ccc(-c2ccc(S(=O)(=O)Nc3cc(C)on3)cc2)cc1. The van der Waals surface area contributed by atoms with Crippen molar-refractivity contribution in [2.75, 3.05) is 9.44 Å². The van der Waals surface area contributed by atoms with Crippen molar-refractivity contribution < 1.29 is 39.1 Å². The molecule has 2 heterocycles. The first-order chi connectivity index (χ1) is 23.1. The molecule has 0 unspecified atom stereocenters. The van der Waals surface area contributed by atoms with Gasteiger partial charge in [0, 0.05) is 12.1 Å². The Morgan fingerprint density at radius 2 is 0.959 bits per heavy atom. The summed E-state index contributed by atoms with van der Waals surface area (Å²) in [5.74, 6) is 1.20. The molecule has 0 aliphatic rings. The normalized spacial score (nSPS) is 11.8. The van der Waals surface area contributed by atoms with Gasteiger partial charge in [-0.05, 0) is 79.4 Å². The molecule has 0 atom stereocenters. The zero-order chi connectivity index (χ0) is 35.4. The highest BCUT2D eigenvalue weighted by molar-refractivity contribution is 7.93. The Hall–Kier alpha value is -5.41. The van der Waals surface area contributed by atoms with Crippen LogP contribution in [0.4, 0.5) is 24.8 Å². The van der Waals surface area contributed by atoms with Crippen LogP contribution >= 0.6 is 0 Å². The second kappa shape index (κ2) is 14.0. The molecule has 0 fully saturated rings. The van der Waals surface area contributed by atoms with E-state index in [2.05, 4.69) is 19.8 Å². The highest BCUT2D eigenvalue weighted by Gasteiger charge is 2.30. The van der Waals surface area contributed by atoms with Crippen molar-refractivity contribution in [3.63, 3.8) is 0 Å². The van der Waals surface area contributed by atoms with Gasteiger partial charge < -0.3 is 9.05 Å². The Balaban J connectivity index is 0.000000192. The van der Waals surface area contributed by atoms with E-state index >= 15 is 0 Å². The van der Waals surface area contributed by atoms with E-state index in [1.807, 2.05) is 31.2 Å². The molecule has 0 aliphatic heterocycles. The van der Waals surface area contributed by atoms with Gasteiger partial charge in [-0.1, -0.05) is 76.5 Å². The van der Waals surface area contributed by atoms with Crippen molar-refractivity contribution in [3.05, 3.63) is 132 Å². The predicted octanol–water partition coefficient (Wildman–Crippen LogP) is 8.23. The smallest absolute Gasteiger partial charge is 0.360 e. The number of sulfonamides is 2. The Morgan fingerprint density at radius 3 is 1.35 bits per heavy atom. The lowest BCUT2D eigenvalue weighted by molar-refractivity contribution is -0.137. The molecule has 49 heavy (non-hydrogen) atoms. The van der Waals surface area contributed by atoms with Crippen LogP contribution in [0.15, 0.2) is 128 Å². The third-order valence-electron chi connectivity index (χ3n) is 6.97. The lowest BCUT2D eigenvalue weighted by Gasteiger charge is -2.10. The molecule has 6 aromatic rings. The van der Waals surface area contributed by atoms with E-state index in [0.717, 1.165) is 23.3 Å². The molecule has 0 radical (unpaired) electrons. The Morgan fingerprint density at radius 1 is 0.551 bits per heavy atom. The summed E-state index contributed by atoms with van der Waals surface area (Å²) in [5.41, 5.74) is 3.21. The van der Waals surface area contributed by atoms with Gasteiger partial charge in [0.2, 0.25) is 0 Å². The Labute approximate surface area is 280 Å².